The number of nitrogens with two attached hydrogens (primary N) is 2. The number of urea groups is 1. The Bertz CT molecular complexity index is 1210. The monoisotopic (exact) mass is 493 g/mol. The number of carbonyl (C=O) groups excluding carboxylic acids is 2. The maximum atomic E-state index is 12.3. The van der Waals surface area contributed by atoms with Crippen LogP contribution in [0.2, 0.25) is 0 Å². The van der Waals surface area contributed by atoms with Gasteiger partial charge in [0, 0.05) is 52.7 Å². The molecule has 9 nitrogen and oxygen atoms in total. The van der Waals surface area contributed by atoms with Gasteiger partial charge in [-0.15, -0.1) is 0 Å². The van der Waals surface area contributed by atoms with Gasteiger partial charge in [0.1, 0.15) is 0 Å². The number of hydrogen-bond acceptors (Lipinski definition) is 7. The van der Waals surface area contributed by atoms with E-state index in [0.717, 1.165) is 52.5 Å². The van der Waals surface area contributed by atoms with E-state index in [2.05, 4.69) is 21.3 Å². The first kappa shape index (κ1) is 23.3. The summed E-state index contributed by atoms with van der Waals surface area (Å²) in [7, 11) is 0. The second kappa shape index (κ2) is 10.1. The lowest BCUT2D eigenvalue weighted by atomic mass is 10.0. The second-order valence-electron chi connectivity index (χ2n) is 9.18. The first-order valence-electron chi connectivity index (χ1n) is 12.1. The summed E-state index contributed by atoms with van der Waals surface area (Å²) in [5.41, 5.74) is 16.0. The SMILES string of the molecule is Nc1ccc2nc3ccc(N)cc3c(NCCNC(=O)CCCC[C@@H]3SC[C@@H]4NC(=O)N[C@@H]43)c2c1. The van der Waals surface area contributed by atoms with Crippen molar-refractivity contribution in [3.05, 3.63) is 36.4 Å². The van der Waals surface area contributed by atoms with E-state index in [0.29, 0.717) is 36.1 Å². The Morgan fingerprint density at radius 2 is 1.74 bits per heavy atom. The second-order valence-corrected chi connectivity index (χ2v) is 10.5. The summed E-state index contributed by atoms with van der Waals surface area (Å²) in [6, 6.07) is 11.7. The largest absolute Gasteiger partial charge is 0.399 e. The van der Waals surface area contributed by atoms with Crippen molar-refractivity contribution >= 4 is 62.6 Å². The number of hydrogen-bond donors (Lipinski definition) is 6. The van der Waals surface area contributed by atoms with Crippen molar-refractivity contribution in [2.24, 2.45) is 0 Å². The van der Waals surface area contributed by atoms with Gasteiger partial charge < -0.3 is 32.7 Å². The molecule has 184 valence electrons. The van der Waals surface area contributed by atoms with Crippen LogP contribution in [-0.4, -0.2) is 53.1 Å². The zero-order valence-corrected chi connectivity index (χ0v) is 20.3. The molecule has 0 unspecified atom stereocenters. The molecule has 2 saturated heterocycles. The number of aromatic nitrogens is 1. The fourth-order valence-electron chi connectivity index (χ4n) is 4.92. The van der Waals surface area contributed by atoms with Gasteiger partial charge in [0.05, 0.1) is 28.8 Å². The molecular formula is C25H31N7O2S. The lowest BCUT2D eigenvalue weighted by Crippen LogP contribution is -2.36. The van der Waals surface area contributed by atoms with Gasteiger partial charge in [-0.1, -0.05) is 6.42 Å². The van der Waals surface area contributed by atoms with Gasteiger partial charge in [-0.3, -0.25) is 4.79 Å². The summed E-state index contributed by atoms with van der Waals surface area (Å²) in [6.45, 7) is 1.08. The molecule has 3 heterocycles. The quantitative estimate of drug-likeness (QED) is 0.116. The van der Waals surface area contributed by atoms with Crippen LogP contribution >= 0.6 is 11.8 Å². The number of nitrogens with one attached hydrogen (secondary N) is 4. The van der Waals surface area contributed by atoms with Gasteiger partial charge in [-0.2, -0.15) is 11.8 Å². The normalized spacial score (nSPS) is 21.0. The van der Waals surface area contributed by atoms with E-state index < -0.39 is 0 Å². The van der Waals surface area contributed by atoms with Gasteiger partial charge in [-0.25, -0.2) is 9.78 Å². The van der Waals surface area contributed by atoms with E-state index in [1.165, 1.54) is 0 Å². The summed E-state index contributed by atoms with van der Waals surface area (Å²) in [6.07, 6.45) is 3.33. The van der Waals surface area contributed by atoms with Gasteiger partial charge >= 0.3 is 6.03 Å². The number of benzene rings is 2. The highest BCUT2D eigenvalue weighted by Crippen LogP contribution is 2.34. The standard InChI is InChI=1S/C25H31N7O2S/c26-14-5-7-18-16(11-14)23(17-12-15(27)6-8-19(17)30-18)29-10-9-28-22(33)4-2-1-3-21-24-20(13-35-21)31-25(34)32-24/h5-8,11-12,20-21,24H,1-4,9-10,13,26-27H2,(H,28,33)(H,29,30)(H2,31,32,34)/t20-,21-,24-/m0/s1. The summed E-state index contributed by atoms with van der Waals surface area (Å²) in [5, 5.41) is 14.7. The van der Waals surface area contributed by atoms with E-state index in [9.17, 15) is 9.59 Å². The van der Waals surface area contributed by atoms with Crippen LogP contribution in [0.15, 0.2) is 36.4 Å². The first-order valence-corrected chi connectivity index (χ1v) is 13.1. The molecule has 2 aliphatic rings. The van der Waals surface area contributed by atoms with Crippen LogP contribution in [0.4, 0.5) is 21.9 Å². The molecule has 0 bridgehead atoms. The highest BCUT2D eigenvalue weighted by molar-refractivity contribution is 8.00. The molecular weight excluding hydrogens is 462 g/mol. The molecule has 0 spiro atoms. The van der Waals surface area contributed by atoms with Crippen LogP contribution < -0.4 is 32.7 Å². The third kappa shape index (κ3) is 5.17. The van der Waals surface area contributed by atoms with Gasteiger partial charge in [0.2, 0.25) is 5.91 Å². The fourth-order valence-corrected chi connectivity index (χ4v) is 6.46. The first-order chi connectivity index (χ1) is 17.0. The van der Waals surface area contributed by atoms with E-state index in [1.807, 2.05) is 48.2 Å². The molecule has 0 aliphatic carbocycles. The molecule has 3 aromatic rings. The number of pyridine rings is 1. The number of nitrogen functional groups attached to an aromatic ring is 2. The zero-order valence-electron chi connectivity index (χ0n) is 19.5. The lowest BCUT2D eigenvalue weighted by Gasteiger charge is -2.16. The summed E-state index contributed by atoms with van der Waals surface area (Å²) in [5.74, 6) is 1.01. The Labute approximate surface area is 208 Å². The molecule has 2 aliphatic heterocycles. The van der Waals surface area contributed by atoms with Crippen LogP contribution in [0.25, 0.3) is 21.8 Å². The number of anilines is 3. The van der Waals surface area contributed by atoms with Gasteiger partial charge in [-0.05, 0) is 49.2 Å². The Balaban J connectivity index is 1.10. The van der Waals surface area contributed by atoms with Crippen LogP contribution in [0, 0.1) is 0 Å². The van der Waals surface area contributed by atoms with Crippen molar-refractivity contribution in [1.29, 1.82) is 0 Å². The number of carbonyl (C=O) groups is 2. The molecule has 1 aromatic heterocycles. The number of nitrogens with zero attached hydrogens (tertiary/aromatic N) is 1. The third-order valence-electron chi connectivity index (χ3n) is 6.65. The molecule has 8 N–H and O–H groups in total. The lowest BCUT2D eigenvalue weighted by molar-refractivity contribution is -0.121. The van der Waals surface area contributed by atoms with Crippen molar-refractivity contribution in [3.63, 3.8) is 0 Å². The summed E-state index contributed by atoms with van der Waals surface area (Å²) < 4.78 is 0. The predicted octanol–water partition coefficient (Wildman–Crippen LogP) is 2.81. The van der Waals surface area contributed by atoms with Crippen LogP contribution in [0.3, 0.4) is 0 Å². The Hall–Kier alpha value is -3.40. The number of rotatable bonds is 9. The number of thioether (sulfide) groups is 1. The average molecular weight is 494 g/mol. The van der Waals surface area contributed by atoms with E-state index in [4.69, 9.17) is 16.5 Å². The van der Waals surface area contributed by atoms with Crippen molar-refractivity contribution in [2.45, 2.75) is 43.0 Å². The van der Waals surface area contributed by atoms with Crippen molar-refractivity contribution < 1.29 is 9.59 Å². The van der Waals surface area contributed by atoms with Crippen molar-refractivity contribution in [3.8, 4) is 0 Å². The van der Waals surface area contributed by atoms with Crippen LogP contribution in [0.5, 0.6) is 0 Å². The Kier molecular flexibility index (Phi) is 6.72. The third-order valence-corrected chi connectivity index (χ3v) is 8.16. The average Bonchev–Trinajstić information content (AvgIpc) is 3.38. The molecule has 2 aromatic carbocycles. The topological polar surface area (TPSA) is 147 Å². The van der Waals surface area contributed by atoms with Crippen LogP contribution in [0.1, 0.15) is 25.7 Å². The van der Waals surface area contributed by atoms with Gasteiger partial charge in [0.25, 0.3) is 0 Å². The zero-order chi connectivity index (χ0) is 24.4. The Morgan fingerprint density at radius 1 is 1.03 bits per heavy atom. The molecule has 10 heteroatoms. The highest BCUT2D eigenvalue weighted by Gasteiger charge is 2.42. The summed E-state index contributed by atoms with van der Waals surface area (Å²) >= 11 is 1.91. The molecule has 3 atom stereocenters. The minimum atomic E-state index is -0.0574. The highest BCUT2D eigenvalue weighted by atomic mass is 32.2. The van der Waals surface area contributed by atoms with E-state index in [1.54, 1.807) is 0 Å². The molecule has 5 rings (SSSR count). The maximum absolute atomic E-state index is 12.3. The van der Waals surface area contributed by atoms with E-state index >= 15 is 0 Å². The Morgan fingerprint density at radius 3 is 2.46 bits per heavy atom. The minimum absolute atomic E-state index is 0.0533. The van der Waals surface area contributed by atoms with Gasteiger partial charge in [0.15, 0.2) is 0 Å². The van der Waals surface area contributed by atoms with Crippen molar-refractivity contribution in [1.82, 2.24) is 20.9 Å². The number of unbranched alkanes of at least 4 members (excludes halogenated alkanes) is 1. The number of amides is 3. The molecule has 0 radical (unpaired) electrons. The van der Waals surface area contributed by atoms with Crippen molar-refractivity contribution in [2.75, 3.05) is 35.6 Å². The minimum Gasteiger partial charge on any atom is -0.399 e. The molecule has 2 fully saturated rings. The molecule has 0 saturated carbocycles. The molecule has 3 amide bonds. The van der Waals surface area contributed by atoms with Crippen LogP contribution in [-0.2, 0) is 4.79 Å². The molecule has 35 heavy (non-hydrogen) atoms. The van der Waals surface area contributed by atoms with E-state index in [-0.39, 0.29) is 24.0 Å². The number of fused-ring (bicyclic) bond motifs is 3. The summed E-state index contributed by atoms with van der Waals surface area (Å²) in [4.78, 5) is 28.6. The maximum Gasteiger partial charge on any atom is 0.315 e. The smallest absolute Gasteiger partial charge is 0.315 e. The predicted molar refractivity (Wildman–Crippen MR) is 144 cm³/mol. The fraction of sp³-hybridized carbons (Fsp3) is 0.400.